The van der Waals surface area contributed by atoms with E-state index in [2.05, 4.69) is 0 Å². The van der Waals surface area contributed by atoms with Crippen molar-refractivity contribution in [2.45, 2.75) is 12.8 Å². The van der Waals surface area contributed by atoms with E-state index >= 15 is 0 Å². The zero-order valence-electron chi connectivity index (χ0n) is 10.8. The van der Waals surface area contributed by atoms with Crippen LogP contribution in [0.5, 0.6) is 0 Å². The third-order valence-corrected chi connectivity index (χ3v) is 3.62. The van der Waals surface area contributed by atoms with Gasteiger partial charge in [-0.05, 0) is 24.1 Å². The van der Waals surface area contributed by atoms with E-state index in [1.165, 1.54) is 0 Å². The molecule has 2 rings (SSSR count). The summed E-state index contributed by atoms with van der Waals surface area (Å²) in [5.41, 5.74) is 8.26. The van der Waals surface area contributed by atoms with E-state index < -0.39 is 0 Å². The highest BCUT2D eigenvalue weighted by Crippen LogP contribution is 2.23. The van der Waals surface area contributed by atoms with Gasteiger partial charge in [-0.15, -0.1) is 0 Å². The molecule has 0 aliphatic heterocycles. The summed E-state index contributed by atoms with van der Waals surface area (Å²) in [7, 11) is 0. The number of hydrogen-bond donors (Lipinski definition) is 1. The lowest BCUT2D eigenvalue weighted by Gasteiger charge is -2.14. The van der Waals surface area contributed by atoms with Crippen molar-refractivity contribution in [1.29, 1.82) is 0 Å². The number of nitrogens with two attached hydrogens (primary N) is 1. The molecule has 0 amide bonds. The van der Waals surface area contributed by atoms with Crippen LogP contribution in [0.25, 0.3) is 0 Å². The maximum atomic E-state index is 12.5. The summed E-state index contributed by atoms with van der Waals surface area (Å²) < 4.78 is 0. The average Bonchev–Trinajstić information content (AvgIpc) is 2.44. The van der Waals surface area contributed by atoms with Gasteiger partial charge in [0.15, 0.2) is 5.78 Å². The van der Waals surface area contributed by atoms with Gasteiger partial charge in [-0.2, -0.15) is 0 Å². The molecule has 0 aliphatic carbocycles. The van der Waals surface area contributed by atoms with Gasteiger partial charge in [-0.3, -0.25) is 4.79 Å². The molecule has 1 atom stereocenters. The number of rotatable bonds is 4. The minimum Gasteiger partial charge on any atom is -0.329 e. The summed E-state index contributed by atoms with van der Waals surface area (Å²) in [6.07, 6.45) is 0. The summed E-state index contributed by atoms with van der Waals surface area (Å²) in [6, 6.07) is 15.0. The van der Waals surface area contributed by atoms with Crippen molar-refractivity contribution in [1.82, 2.24) is 0 Å². The summed E-state index contributed by atoms with van der Waals surface area (Å²) in [5.74, 6) is -0.310. The Morgan fingerprint density at radius 1 is 1.21 bits per heavy atom. The second kappa shape index (κ2) is 6.00. The number of hydrogen-bond acceptors (Lipinski definition) is 2. The standard InChI is InChI=1S/C16H16ClNO/c1-11-7-8-13(9-15(11)17)16(19)14(10-18)12-5-3-2-4-6-12/h2-9,14H,10,18H2,1H3. The Morgan fingerprint density at radius 3 is 2.47 bits per heavy atom. The van der Waals surface area contributed by atoms with Crippen LogP contribution in [0, 0.1) is 6.92 Å². The molecule has 0 aromatic heterocycles. The molecule has 98 valence electrons. The van der Waals surface area contributed by atoms with Gasteiger partial charge in [-0.1, -0.05) is 54.1 Å². The maximum absolute atomic E-state index is 12.5. The van der Waals surface area contributed by atoms with Gasteiger partial charge in [0, 0.05) is 17.1 Å². The molecule has 0 bridgehead atoms. The molecule has 0 spiro atoms. The van der Waals surface area contributed by atoms with Gasteiger partial charge in [0.1, 0.15) is 0 Å². The number of benzene rings is 2. The lowest BCUT2D eigenvalue weighted by molar-refractivity contribution is 0.0962. The molecule has 0 saturated heterocycles. The van der Waals surface area contributed by atoms with E-state index in [4.69, 9.17) is 17.3 Å². The topological polar surface area (TPSA) is 43.1 Å². The summed E-state index contributed by atoms with van der Waals surface area (Å²) in [5, 5.41) is 0.606. The fraction of sp³-hybridized carbons (Fsp3) is 0.188. The minimum atomic E-state index is -0.319. The average molecular weight is 274 g/mol. The highest BCUT2D eigenvalue weighted by atomic mass is 35.5. The first kappa shape index (κ1) is 13.8. The number of halogens is 1. The molecule has 19 heavy (non-hydrogen) atoms. The van der Waals surface area contributed by atoms with E-state index in [9.17, 15) is 4.79 Å². The van der Waals surface area contributed by atoms with Crippen molar-refractivity contribution in [2.24, 2.45) is 5.73 Å². The van der Waals surface area contributed by atoms with E-state index in [1.54, 1.807) is 12.1 Å². The highest BCUT2D eigenvalue weighted by Gasteiger charge is 2.20. The van der Waals surface area contributed by atoms with Gasteiger partial charge < -0.3 is 5.73 Å². The van der Waals surface area contributed by atoms with Crippen molar-refractivity contribution in [3.63, 3.8) is 0 Å². The molecule has 3 heteroatoms. The number of ketones is 1. The fourth-order valence-electron chi connectivity index (χ4n) is 2.03. The highest BCUT2D eigenvalue weighted by molar-refractivity contribution is 6.31. The summed E-state index contributed by atoms with van der Waals surface area (Å²) in [4.78, 5) is 12.5. The number of Topliss-reactive ketones (excluding diaryl/α,β-unsaturated/α-hetero) is 1. The molecular formula is C16H16ClNO. The number of carbonyl (C=O) groups is 1. The summed E-state index contributed by atoms with van der Waals surface area (Å²) in [6.45, 7) is 2.20. The Balaban J connectivity index is 2.33. The third kappa shape index (κ3) is 3.03. The largest absolute Gasteiger partial charge is 0.329 e. The second-order valence-electron chi connectivity index (χ2n) is 4.53. The predicted octanol–water partition coefficient (Wildman–Crippen LogP) is 3.57. The smallest absolute Gasteiger partial charge is 0.171 e. The van der Waals surface area contributed by atoms with Crippen LogP contribution in [0.15, 0.2) is 48.5 Å². The van der Waals surface area contributed by atoms with Crippen molar-refractivity contribution in [2.75, 3.05) is 6.54 Å². The predicted molar refractivity (Wildman–Crippen MR) is 78.8 cm³/mol. The van der Waals surface area contributed by atoms with Crippen LogP contribution < -0.4 is 5.73 Å². The van der Waals surface area contributed by atoms with Crippen LogP contribution in [0.4, 0.5) is 0 Å². The van der Waals surface area contributed by atoms with Gasteiger partial charge in [0.2, 0.25) is 0 Å². The molecule has 0 heterocycles. The quantitative estimate of drug-likeness (QED) is 0.866. The van der Waals surface area contributed by atoms with E-state index in [1.807, 2.05) is 43.3 Å². The van der Waals surface area contributed by atoms with Crippen LogP contribution in [0.1, 0.15) is 27.4 Å². The SMILES string of the molecule is Cc1ccc(C(=O)C(CN)c2ccccc2)cc1Cl. The number of aryl methyl sites for hydroxylation is 1. The molecule has 2 aromatic rings. The monoisotopic (exact) mass is 273 g/mol. The first-order valence-corrected chi connectivity index (χ1v) is 6.56. The van der Waals surface area contributed by atoms with E-state index in [0.717, 1.165) is 11.1 Å². The normalized spacial score (nSPS) is 12.2. The Labute approximate surface area is 118 Å². The van der Waals surface area contributed by atoms with Crippen molar-refractivity contribution in [3.8, 4) is 0 Å². The molecule has 1 unspecified atom stereocenters. The number of carbonyl (C=O) groups excluding carboxylic acids is 1. The Morgan fingerprint density at radius 2 is 1.89 bits per heavy atom. The van der Waals surface area contributed by atoms with Gasteiger partial charge in [0.05, 0.1) is 5.92 Å². The Kier molecular flexibility index (Phi) is 4.35. The van der Waals surface area contributed by atoms with Gasteiger partial charge in [0.25, 0.3) is 0 Å². The van der Waals surface area contributed by atoms with Crippen LogP contribution in [-0.2, 0) is 0 Å². The zero-order chi connectivity index (χ0) is 13.8. The van der Waals surface area contributed by atoms with Crippen molar-refractivity contribution in [3.05, 3.63) is 70.2 Å². The molecule has 2 aromatic carbocycles. The van der Waals surface area contributed by atoms with Gasteiger partial charge >= 0.3 is 0 Å². The van der Waals surface area contributed by atoms with Gasteiger partial charge in [-0.25, -0.2) is 0 Å². The lowest BCUT2D eigenvalue weighted by Crippen LogP contribution is -2.21. The van der Waals surface area contributed by atoms with Crippen LogP contribution in [-0.4, -0.2) is 12.3 Å². The first-order chi connectivity index (χ1) is 9.13. The van der Waals surface area contributed by atoms with Crippen molar-refractivity contribution < 1.29 is 4.79 Å². The molecule has 2 nitrogen and oxygen atoms in total. The molecule has 0 saturated carbocycles. The molecule has 0 aliphatic rings. The Hall–Kier alpha value is -1.64. The fourth-order valence-corrected chi connectivity index (χ4v) is 2.21. The lowest BCUT2D eigenvalue weighted by atomic mass is 9.90. The van der Waals surface area contributed by atoms with Crippen LogP contribution in [0.3, 0.4) is 0 Å². The maximum Gasteiger partial charge on any atom is 0.171 e. The molecule has 0 fully saturated rings. The van der Waals surface area contributed by atoms with Crippen molar-refractivity contribution >= 4 is 17.4 Å². The van der Waals surface area contributed by atoms with E-state index in [0.29, 0.717) is 10.6 Å². The van der Waals surface area contributed by atoms with E-state index in [-0.39, 0.29) is 18.2 Å². The van der Waals surface area contributed by atoms with Crippen LogP contribution in [0.2, 0.25) is 5.02 Å². The Bertz CT molecular complexity index is 581. The second-order valence-corrected chi connectivity index (χ2v) is 4.93. The third-order valence-electron chi connectivity index (χ3n) is 3.21. The molecule has 2 N–H and O–H groups in total. The molecule has 0 radical (unpaired) electrons. The van der Waals surface area contributed by atoms with Crippen LogP contribution >= 0.6 is 11.6 Å². The minimum absolute atomic E-state index is 0.00981. The first-order valence-electron chi connectivity index (χ1n) is 6.19. The zero-order valence-corrected chi connectivity index (χ0v) is 11.5. The summed E-state index contributed by atoms with van der Waals surface area (Å²) >= 11 is 6.07. The molecular weight excluding hydrogens is 258 g/mol.